The van der Waals surface area contributed by atoms with Gasteiger partial charge in [0, 0.05) is 12.6 Å². The Labute approximate surface area is 101 Å². The third-order valence-electron chi connectivity index (χ3n) is 2.36. The molecule has 1 aromatic carbocycles. The summed E-state index contributed by atoms with van der Waals surface area (Å²) in [6.45, 7) is 2.36. The lowest BCUT2D eigenvalue weighted by Gasteiger charge is -2.08. The molecule has 0 bridgehead atoms. The minimum atomic E-state index is -0.273. The number of amides is 1. The van der Waals surface area contributed by atoms with E-state index >= 15 is 0 Å². The Morgan fingerprint density at radius 2 is 2.20 bits per heavy atom. The van der Waals surface area contributed by atoms with Gasteiger partial charge in [-0.05, 0) is 28.7 Å². The van der Waals surface area contributed by atoms with Gasteiger partial charge in [0.1, 0.15) is 5.82 Å². The quantitative estimate of drug-likeness (QED) is 0.721. The van der Waals surface area contributed by atoms with Gasteiger partial charge in [-0.3, -0.25) is 4.79 Å². The number of carbonyl (C=O) groups is 1. The van der Waals surface area contributed by atoms with E-state index in [4.69, 9.17) is 0 Å². The third-order valence-corrected chi connectivity index (χ3v) is 3.19. The molecule has 3 nitrogen and oxygen atoms in total. The Balaban J connectivity index is 2.43. The molecule has 2 N–H and O–H groups in total. The first-order valence-electron chi connectivity index (χ1n) is 4.61. The van der Waals surface area contributed by atoms with Gasteiger partial charge in [-0.2, -0.15) is 0 Å². The zero-order valence-corrected chi connectivity index (χ0v) is 10.3. The largest absolute Gasteiger partial charge is 0.382 e. The van der Waals surface area contributed by atoms with E-state index in [9.17, 15) is 9.18 Å². The van der Waals surface area contributed by atoms with E-state index in [2.05, 4.69) is 10.6 Å². The normalized spacial score (nSPS) is 19.9. The van der Waals surface area contributed by atoms with Crippen molar-refractivity contribution < 1.29 is 9.18 Å². The molecule has 1 unspecified atom stereocenters. The highest BCUT2D eigenvalue weighted by molar-refractivity contribution is 14.1. The molecular formula is C10H10FIN2O. The monoisotopic (exact) mass is 320 g/mol. The summed E-state index contributed by atoms with van der Waals surface area (Å²) in [6, 6.07) is 3.05. The number of hydrogen-bond donors (Lipinski definition) is 2. The molecule has 0 radical (unpaired) electrons. The molecule has 0 aliphatic carbocycles. The fourth-order valence-electron chi connectivity index (χ4n) is 1.41. The third kappa shape index (κ3) is 2.06. The first-order chi connectivity index (χ1) is 7.08. The van der Waals surface area contributed by atoms with Crippen LogP contribution < -0.4 is 10.6 Å². The van der Waals surface area contributed by atoms with Crippen LogP contribution in [0.2, 0.25) is 0 Å². The van der Waals surface area contributed by atoms with Crippen LogP contribution in [0.25, 0.3) is 0 Å². The molecule has 0 fully saturated rings. The summed E-state index contributed by atoms with van der Waals surface area (Å²) >= 11 is 1.90. The van der Waals surface area contributed by atoms with Crippen LogP contribution in [0.1, 0.15) is 6.92 Å². The van der Waals surface area contributed by atoms with Gasteiger partial charge in [0.15, 0.2) is 0 Å². The van der Waals surface area contributed by atoms with E-state index in [1.165, 1.54) is 6.07 Å². The molecule has 15 heavy (non-hydrogen) atoms. The van der Waals surface area contributed by atoms with E-state index in [0.717, 1.165) is 0 Å². The Morgan fingerprint density at radius 3 is 2.93 bits per heavy atom. The van der Waals surface area contributed by atoms with Crippen molar-refractivity contribution in [1.29, 1.82) is 0 Å². The fourth-order valence-corrected chi connectivity index (χ4v) is 1.88. The average Bonchev–Trinajstić information content (AvgIpc) is 2.31. The summed E-state index contributed by atoms with van der Waals surface area (Å²) in [7, 11) is 0. The van der Waals surface area contributed by atoms with Gasteiger partial charge in [0.05, 0.1) is 20.9 Å². The van der Waals surface area contributed by atoms with Crippen LogP contribution in [0.3, 0.4) is 0 Å². The smallest absolute Gasteiger partial charge is 0.229 e. The molecule has 1 amide bonds. The zero-order chi connectivity index (χ0) is 11.0. The van der Waals surface area contributed by atoms with E-state index in [-0.39, 0.29) is 17.6 Å². The molecule has 0 aromatic heterocycles. The SMILES string of the molecule is CC1CNc2cc(F)c(I)cc2NC1=O. The predicted octanol–water partition coefficient (Wildman–Crippen LogP) is 2.43. The van der Waals surface area contributed by atoms with Crippen molar-refractivity contribution in [3.05, 3.63) is 21.5 Å². The summed E-state index contributed by atoms with van der Waals surface area (Å²) in [5.41, 5.74) is 1.29. The second-order valence-corrected chi connectivity index (χ2v) is 4.75. The van der Waals surface area contributed by atoms with E-state index in [1.54, 1.807) is 6.07 Å². The van der Waals surface area contributed by atoms with Crippen LogP contribution in [0, 0.1) is 15.3 Å². The van der Waals surface area contributed by atoms with Crippen LogP contribution in [0.15, 0.2) is 12.1 Å². The summed E-state index contributed by atoms with van der Waals surface area (Å²) in [6.07, 6.45) is 0. The fraction of sp³-hybridized carbons (Fsp3) is 0.300. The number of hydrogen-bond acceptors (Lipinski definition) is 2. The van der Waals surface area contributed by atoms with Gasteiger partial charge in [0.2, 0.25) is 5.91 Å². The Kier molecular flexibility index (Phi) is 2.81. The number of halogens is 2. The highest BCUT2D eigenvalue weighted by atomic mass is 127. The second kappa shape index (κ2) is 3.96. The van der Waals surface area contributed by atoms with Crippen molar-refractivity contribution in [2.24, 2.45) is 5.92 Å². The molecule has 1 aromatic rings. The number of benzene rings is 1. The number of carbonyl (C=O) groups excluding carboxylic acids is 1. The summed E-state index contributed by atoms with van der Waals surface area (Å²) < 4.78 is 13.8. The lowest BCUT2D eigenvalue weighted by atomic mass is 10.2. The van der Waals surface area contributed by atoms with Crippen molar-refractivity contribution in [3.63, 3.8) is 0 Å². The van der Waals surface area contributed by atoms with Crippen molar-refractivity contribution in [3.8, 4) is 0 Å². The second-order valence-electron chi connectivity index (χ2n) is 3.58. The summed E-state index contributed by atoms with van der Waals surface area (Å²) in [4.78, 5) is 11.5. The number of rotatable bonds is 0. The lowest BCUT2D eigenvalue weighted by Crippen LogP contribution is -2.22. The molecule has 5 heteroatoms. The Morgan fingerprint density at radius 1 is 1.47 bits per heavy atom. The van der Waals surface area contributed by atoms with Crippen molar-refractivity contribution in [2.75, 3.05) is 17.2 Å². The lowest BCUT2D eigenvalue weighted by molar-refractivity contribution is -0.118. The average molecular weight is 320 g/mol. The molecule has 1 aliphatic rings. The number of anilines is 2. The van der Waals surface area contributed by atoms with Crippen molar-refractivity contribution in [1.82, 2.24) is 0 Å². The van der Waals surface area contributed by atoms with Crippen LogP contribution in [-0.4, -0.2) is 12.5 Å². The van der Waals surface area contributed by atoms with E-state index in [1.807, 2.05) is 29.5 Å². The molecular weight excluding hydrogens is 310 g/mol. The predicted molar refractivity (Wildman–Crippen MR) is 65.4 cm³/mol. The van der Waals surface area contributed by atoms with Crippen LogP contribution >= 0.6 is 22.6 Å². The molecule has 80 valence electrons. The molecule has 1 aliphatic heterocycles. The van der Waals surface area contributed by atoms with Gasteiger partial charge in [-0.25, -0.2) is 4.39 Å². The minimum Gasteiger partial charge on any atom is -0.382 e. The first kappa shape index (κ1) is 10.7. The minimum absolute atomic E-state index is 0.0383. The maximum atomic E-state index is 13.3. The maximum Gasteiger partial charge on any atom is 0.229 e. The van der Waals surface area contributed by atoms with Crippen LogP contribution in [0.5, 0.6) is 0 Å². The van der Waals surface area contributed by atoms with Crippen LogP contribution in [0.4, 0.5) is 15.8 Å². The van der Waals surface area contributed by atoms with E-state index < -0.39 is 0 Å². The molecule has 1 heterocycles. The van der Waals surface area contributed by atoms with Gasteiger partial charge in [-0.15, -0.1) is 0 Å². The zero-order valence-electron chi connectivity index (χ0n) is 8.10. The molecule has 0 saturated heterocycles. The highest BCUT2D eigenvalue weighted by Gasteiger charge is 2.20. The molecule has 1 atom stereocenters. The Bertz CT molecular complexity index is 422. The van der Waals surface area contributed by atoms with E-state index in [0.29, 0.717) is 21.5 Å². The van der Waals surface area contributed by atoms with Gasteiger partial charge < -0.3 is 10.6 Å². The topological polar surface area (TPSA) is 41.1 Å². The molecule has 0 spiro atoms. The summed E-state index contributed by atoms with van der Waals surface area (Å²) in [5.74, 6) is -0.424. The first-order valence-corrected chi connectivity index (χ1v) is 5.69. The van der Waals surface area contributed by atoms with Gasteiger partial charge >= 0.3 is 0 Å². The van der Waals surface area contributed by atoms with Gasteiger partial charge in [0.25, 0.3) is 0 Å². The molecule has 0 saturated carbocycles. The van der Waals surface area contributed by atoms with Crippen molar-refractivity contribution >= 4 is 39.9 Å². The van der Waals surface area contributed by atoms with Crippen LogP contribution in [-0.2, 0) is 4.79 Å². The number of fused-ring (bicyclic) bond motifs is 1. The summed E-state index contributed by atoms with van der Waals surface area (Å²) in [5, 5.41) is 5.81. The Hall–Kier alpha value is -0.850. The molecule has 2 rings (SSSR count). The number of nitrogens with one attached hydrogen (secondary N) is 2. The maximum absolute atomic E-state index is 13.3. The van der Waals surface area contributed by atoms with Gasteiger partial charge in [-0.1, -0.05) is 6.92 Å². The standard InChI is InChI=1S/C10H10FIN2O/c1-5-4-13-8-2-6(11)7(12)3-9(8)14-10(5)15/h2-3,5,13H,4H2,1H3,(H,14,15). The van der Waals surface area contributed by atoms with Crippen molar-refractivity contribution in [2.45, 2.75) is 6.92 Å². The highest BCUT2D eigenvalue weighted by Crippen LogP contribution is 2.29.